The van der Waals surface area contributed by atoms with Gasteiger partial charge in [-0.1, -0.05) is 55.6 Å². The summed E-state index contributed by atoms with van der Waals surface area (Å²) in [6, 6.07) is 9.73. The second-order valence-corrected chi connectivity index (χ2v) is 4.97. The second kappa shape index (κ2) is 10.9. The van der Waals surface area contributed by atoms with Crippen molar-refractivity contribution in [2.75, 3.05) is 0 Å². The van der Waals surface area contributed by atoms with Gasteiger partial charge in [-0.2, -0.15) is 17.6 Å². The van der Waals surface area contributed by atoms with Gasteiger partial charge < -0.3 is 9.84 Å². The fourth-order valence-electron chi connectivity index (χ4n) is 1.25. The molecule has 1 atom stereocenters. The number of ether oxygens (including phenoxy) is 1. The summed E-state index contributed by atoms with van der Waals surface area (Å²) in [4.78, 5) is 20.7. The van der Waals surface area contributed by atoms with Crippen LogP contribution in [0.4, 0.5) is 17.6 Å². The normalized spacial score (nSPS) is 11.9. The highest BCUT2D eigenvalue weighted by atomic mass is 19.4. The number of hydrogen-bond acceptors (Lipinski definition) is 3. The van der Waals surface area contributed by atoms with Crippen LogP contribution in [0.5, 0.6) is 0 Å². The SMILES string of the molecule is C=C(C)C(=O)OC(F)C(F)(F)F.C=C(CC=Cc1ccccc1)C(=O)O. The number of benzene rings is 1. The van der Waals surface area contributed by atoms with Gasteiger partial charge in [0.05, 0.1) is 0 Å². The monoisotopic (exact) mass is 374 g/mol. The van der Waals surface area contributed by atoms with Gasteiger partial charge in [-0.15, -0.1) is 0 Å². The van der Waals surface area contributed by atoms with E-state index in [1.165, 1.54) is 0 Å². The van der Waals surface area contributed by atoms with Crippen molar-refractivity contribution in [3.63, 3.8) is 0 Å². The number of esters is 1. The molecular weight excluding hydrogens is 356 g/mol. The van der Waals surface area contributed by atoms with Crippen molar-refractivity contribution in [2.45, 2.75) is 25.9 Å². The lowest BCUT2D eigenvalue weighted by Crippen LogP contribution is -2.29. The summed E-state index contributed by atoms with van der Waals surface area (Å²) in [5, 5.41) is 8.55. The smallest absolute Gasteiger partial charge is 0.457 e. The van der Waals surface area contributed by atoms with Crippen LogP contribution in [0.3, 0.4) is 0 Å². The molecule has 1 rings (SSSR count). The molecule has 0 heterocycles. The molecule has 1 unspecified atom stereocenters. The average molecular weight is 374 g/mol. The van der Waals surface area contributed by atoms with Gasteiger partial charge in [0.25, 0.3) is 0 Å². The Morgan fingerprint density at radius 1 is 1.23 bits per heavy atom. The largest absolute Gasteiger partial charge is 0.478 e. The van der Waals surface area contributed by atoms with Crippen LogP contribution in [0, 0.1) is 0 Å². The summed E-state index contributed by atoms with van der Waals surface area (Å²) in [6.45, 7) is 7.53. The van der Waals surface area contributed by atoms with Gasteiger partial charge >= 0.3 is 24.5 Å². The lowest BCUT2D eigenvalue weighted by atomic mass is 10.1. The third-order valence-electron chi connectivity index (χ3n) is 2.59. The van der Waals surface area contributed by atoms with Crippen molar-refractivity contribution < 1.29 is 37.0 Å². The molecule has 0 aliphatic heterocycles. The van der Waals surface area contributed by atoms with Crippen LogP contribution in [0.2, 0.25) is 0 Å². The molecule has 8 heteroatoms. The predicted octanol–water partition coefficient (Wildman–Crippen LogP) is 4.69. The number of hydrogen-bond donors (Lipinski definition) is 1. The van der Waals surface area contributed by atoms with E-state index in [1.54, 1.807) is 6.08 Å². The first-order valence-corrected chi connectivity index (χ1v) is 7.15. The minimum absolute atomic E-state index is 0.206. The molecule has 0 bridgehead atoms. The maximum absolute atomic E-state index is 11.9. The summed E-state index contributed by atoms with van der Waals surface area (Å²) < 4.78 is 49.4. The minimum atomic E-state index is -5.18. The van der Waals surface area contributed by atoms with E-state index in [0.717, 1.165) is 12.5 Å². The van der Waals surface area contributed by atoms with E-state index in [9.17, 15) is 27.2 Å². The van der Waals surface area contributed by atoms with Crippen LogP contribution in [0.15, 0.2) is 60.7 Å². The number of aliphatic carboxylic acids is 1. The number of carboxylic acid groups (broad SMARTS) is 1. The zero-order valence-electron chi connectivity index (χ0n) is 13.9. The highest BCUT2D eigenvalue weighted by Crippen LogP contribution is 2.24. The second-order valence-electron chi connectivity index (χ2n) is 4.97. The van der Waals surface area contributed by atoms with Gasteiger partial charge in [-0.05, 0) is 18.9 Å². The first kappa shape index (κ1) is 23.1. The van der Waals surface area contributed by atoms with Crippen LogP contribution in [-0.2, 0) is 14.3 Å². The van der Waals surface area contributed by atoms with Gasteiger partial charge in [-0.25, -0.2) is 9.59 Å². The van der Waals surface area contributed by atoms with Crippen molar-refractivity contribution in [3.8, 4) is 0 Å². The third kappa shape index (κ3) is 10.1. The molecule has 0 fully saturated rings. The number of carbonyl (C=O) groups is 2. The molecule has 0 aliphatic rings. The molecule has 1 aromatic carbocycles. The van der Waals surface area contributed by atoms with E-state index in [4.69, 9.17) is 5.11 Å². The maximum Gasteiger partial charge on any atom is 0.457 e. The number of halogens is 4. The van der Waals surface area contributed by atoms with Crippen LogP contribution in [-0.4, -0.2) is 29.6 Å². The van der Waals surface area contributed by atoms with Gasteiger partial charge in [0, 0.05) is 11.1 Å². The quantitative estimate of drug-likeness (QED) is 0.446. The summed E-state index contributed by atoms with van der Waals surface area (Å²) in [5.74, 6) is -2.34. The van der Waals surface area contributed by atoms with Gasteiger partial charge in [0.2, 0.25) is 0 Å². The summed E-state index contributed by atoms with van der Waals surface area (Å²) in [5.41, 5.74) is 0.977. The van der Waals surface area contributed by atoms with Gasteiger partial charge in [0.15, 0.2) is 0 Å². The van der Waals surface area contributed by atoms with E-state index < -0.39 is 24.5 Å². The van der Waals surface area contributed by atoms with E-state index in [1.807, 2.05) is 36.4 Å². The standard InChI is InChI=1S/C12H12O2.C6H6F4O2/c1-10(12(13)14)6-5-9-11-7-3-2-4-8-11;1-3(2)4(11)12-5(7)6(8,9)10/h2-5,7-9H,1,6H2,(H,13,14);5H,1H2,2H3. The molecule has 0 radical (unpaired) electrons. The zero-order chi connectivity index (χ0) is 20.3. The average Bonchev–Trinajstić information content (AvgIpc) is 2.55. The Morgan fingerprint density at radius 2 is 1.77 bits per heavy atom. The molecule has 0 amide bonds. The Hall–Kier alpha value is -2.90. The van der Waals surface area contributed by atoms with Crippen LogP contribution < -0.4 is 0 Å². The van der Waals surface area contributed by atoms with Crippen LogP contribution >= 0.6 is 0 Å². The van der Waals surface area contributed by atoms with E-state index in [-0.39, 0.29) is 11.1 Å². The lowest BCUT2D eigenvalue weighted by molar-refractivity contribution is -0.256. The predicted molar refractivity (Wildman–Crippen MR) is 88.7 cm³/mol. The highest BCUT2D eigenvalue weighted by Gasteiger charge is 2.43. The van der Waals surface area contributed by atoms with Crippen LogP contribution in [0.1, 0.15) is 18.9 Å². The van der Waals surface area contributed by atoms with E-state index in [2.05, 4.69) is 17.9 Å². The number of allylic oxidation sites excluding steroid dienone is 1. The molecule has 26 heavy (non-hydrogen) atoms. The van der Waals surface area contributed by atoms with Crippen LogP contribution in [0.25, 0.3) is 6.08 Å². The molecule has 1 aromatic rings. The van der Waals surface area contributed by atoms with Gasteiger partial charge in [-0.3, -0.25) is 0 Å². The first-order chi connectivity index (χ1) is 11.9. The van der Waals surface area contributed by atoms with E-state index >= 15 is 0 Å². The molecule has 4 nitrogen and oxygen atoms in total. The van der Waals surface area contributed by atoms with Crippen molar-refractivity contribution in [2.24, 2.45) is 0 Å². The minimum Gasteiger partial charge on any atom is -0.478 e. The number of carbonyl (C=O) groups excluding carboxylic acids is 1. The fourth-order valence-corrected chi connectivity index (χ4v) is 1.25. The molecule has 0 aliphatic carbocycles. The van der Waals surface area contributed by atoms with E-state index in [0.29, 0.717) is 6.42 Å². The summed E-state index contributed by atoms with van der Waals surface area (Å²) in [6.07, 6.45) is -4.70. The summed E-state index contributed by atoms with van der Waals surface area (Å²) >= 11 is 0. The molecule has 0 spiro atoms. The lowest BCUT2D eigenvalue weighted by Gasteiger charge is -2.12. The van der Waals surface area contributed by atoms with Crippen molar-refractivity contribution in [3.05, 3.63) is 66.3 Å². The topological polar surface area (TPSA) is 63.6 Å². The molecular formula is C18H18F4O4. The molecule has 142 valence electrons. The number of carboxylic acids is 1. The van der Waals surface area contributed by atoms with Gasteiger partial charge in [0.1, 0.15) is 0 Å². The number of rotatable bonds is 6. The molecule has 0 aromatic heterocycles. The van der Waals surface area contributed by atoms with Crippen molar-refractivity contribution in [1.29, 1.82) is 0 Å². The van der Waals surface area contributed by atoms with Crippen molar-refractivity contribution >= 4 is 18.0 Å². The van der Waals surface area contributed by atoms with Crippen molar-refractivity contribution in [1.82, 2.24) is 0 Å². The highest BCUT2D eigenvalue weighted by molar-refractivity contribution is 5.87. The zero-order valence-corrected chi connectivity index (χ0v) is 13.9. The Balaban J connectivity index is 0.000000488. The Kier molecular flexibility index (Phi) is 9.65. The Labute approximate surface area is 148 Å². The molecule has 0 saturated carbocycles. The maximum atomic E-state index is 11.9. The Bertz CT molecular complexity index is 664. The molecule has 1 N–H and O–H groups in total. The molecule has 0 saturated heterocycles. The number of alkyl halides is 4. The first-order valence-electron chi connectivity index (χ1n) is 7.15. The summed E-state index contributed by atoms with van der Waals surface area (Å²) in [7, 11) is 0. The Morgan fingerprint density at radius 3 is 2.19 bits per heavy atom. The fraction of sp³-hybridized carbons (Fsp3) is 0.222. The third-order valence-corrected chi connectivity index (χ3v) is 2.59.